The Hall–Kier alpha value is -3.92. The number of nitro groups is 1. The molecular weight excluding hydrogens is 434 g/mol. The predicted molar refractivity (Wildman–Crippen MR) is 119 cm³/mol. The summed E-state index contributed by atoms with van der Waals surface area (Å²) in [7, 11) is 0. The lowest BCUT2D eigenvalue weighted by Gasteiger charge is -2.09. The molecule has 0 radical (unpaired) electrons. The topological polar surface area (TPSA) is 123 Å². The molecule has 10 heteroatoms. The first kappa shape index (κ1) is 21.3. The molecule has 162 valence electrons. The number of benzene rings is 2. The van der Waals surface area contributed by atoms with Gasteiger partial charge in [0.05, 0.1) is 9.83 Å². The summed E-state index contributed by atoms with van der Waals surface area (Å²) in [5.41, 5.74) is 3.38. The number of rotatable bonds is 6. The SMILES string of the molecule is Cc1c(/C=C2/SC(=O)N(CC(=O)O)C2=O)c2ccccc2n1Cc1ccc([N+](=O)[O-])cc1. The number of amides is 2. The third-order valence-corrected chi connectivity index (χ3v) is 6.12. The molecule has 0 spiro atoms. The van der Waals surface area contributed by atoms with Crippen LogP contribution >= 0.6 is 11.8 Å². The van der Waals surface area contributed by atoms with E-state index in [1.165, 1.54) is 12.1 Å². The zero-order valence-corrected chi connectivity index (χ0v) is 17.7. The molecule has 1 aliphatic heterocycles. The molecule has 3 aromatic rings. The first-order chi connectivity index (χ1) is 15.3. The number of non-ortho nitro benzene ring substituents is 1. The zero-order valence-electron chi connectivity index (χ0n) is 16.8. The number of thioether (sulfide) groups is 1. The molecule has 0 aliphatic carbocycles. The third kappa shape index (κ3) is 3.87. The summed E-state index contributed by atoms with van der Waals surface area (Å²) in [6.45, 7) is 1.67. The van der Waals surface area contributed by atoms with Crippen molar-refractivity contribution >= 4 is 51.5 Å². The van der Waals surface area contributed by atoms with E-state index in [1.54, 1.807) is 18.2 Å². The lowest BCUT2D eigenvalue weighted by molar-refractivity contribution is -0.384. The molecule has 32 heavy (non-hydrogen) atoms. The molecule has 2 amide bonds. The van der Waals surface area contributed by atoms with Crippen molar-refractivity contribution in [2.45, 2.75) is 13.5 Å². The third-order valence-electron chi connectivity index (χ3n) is 5.21. The van der Waals surface area contributed by atoms with Gasteiger partial charge >= 0.3 is 5.97 Å². The van der Waals surface area contributed by atoms with Crippen molar-refractivity contribution < 1.29 is 24.4 Å². The number of carboxylic acids is 1. The van der Waals surface area contributed by atoms with Crippen LogP contribution in [0.25, 0.3) is 17.0 Å². The fraction of sp³-hybridized carbons (Fsp3) is 0.136. The van der Waals surface area contributed by atoms with E-state index in [4.69, 9.17) is 5.11 Å². The summed E-state index contributed by atoms with van der Waals surface area (Å²) in [5.74, 6) is -1.89. The van der Waals surface area contributed by atoms with Crippen molar-refractivity contribution in [2.75, 3.05) is 6.54 Å². The number of nitrogens with zero attached hydrogens (tertiary/aromatic N) is 3. The lowest BCUT2D eigenvalue weighted by atomic mass is 10.1. The number of carboxylic acid groups (broad SMARTS) is 1. The largest absolute Gasteiger partial charge is 0.480 e. The minimum Gasteiger partial charge on any atom is -0.480 e. The summed E-state index contributed by atoms with van der Waals surface area (Å²) in [5, 5.41) is 20.1. The number of aliphatic carboxylic acids is 1. The van der Waals surface area contributed by atoms with Gasteiger partial charge in [0, 0.05) is 40.8 Å². The summed E-state index contributed by atoms with van der Waals surface area (Å²) >= 11 is 0.716. The molecule has 2 aromatic carbocycles. The maximum atomic E-state index is 12.6. The minimum atomic E-state index is -1.26. The Morgan fingerprint density at radius 3 is 2.50 bits per heavy atom. The fourth-order valence-corrected chi connectivity index (χ4v) is 4.47. The summed E-state index contributed by atoms with van der Waals surface area (Å²) < 4.78 is 2.03. The first-order valence-corrected chi connectivity index (χ1v) is 10.4. The van der Waals surface area contributed by atoms with Gasteiger partial charge in [0.25, 0.3) is 16.8 Å². The molecule has 0 atom stereocenters. The van der Waals surface area contributed by atoms with Crippen molar-refractivity contribution in [2.24, 2.45) is 0 Å². The average Bonchev–Trinajstić information content (AvgIpc) is 3.17. The standard InChI is InChI=1S/C22H17N3O6S/c1-13-17(10-19-21(28)24(12-20(26)27)22(29)32-19)16-4-2-3-5-18(16)23(13)11-14-6-8-15(9-7-14)25(30)31/h2-10H,11-12H2,1H3,(H,26,27)/b19-10+. The number of aromatic nitrogens is 1. The van der Waals surface area contributed by atoms with Crippen LogP contribution in [0.2, 0.25) is 0 Å². The second-order valence-electron chi connectivity index (χ2n) is 7.19. The van der Waals surface area contributed by atoms with Gasteiger partial charge in [-0.2, -0.15) is 0 Å². The molecular formula is C22H17N3O6S. The molecule has 9 nitrogen and oxygen atoms in total. The smallest absolute Gasteiger partial charge is 0.323 e. The number of carbonyl (C=O) groups excluding carboxylic acids is 2. The molecule has 1 N–H and O–H groups in total. The monoisotopic (exact) mass is 451 g/mol. The van der Waals surface area contributed by atoms with Crippen LogP contribution in [0.5, 0.6) is 0 Å². The van der Waals surface area contributed by atoms with Crippen molar-refractivity contribution in [1.29, 1.82) is 0 Å². The van der Waals surface area contributed by atoms with Gasteiger partial charge in [0.2, 0.25) is 0 Å². The van der Waals surface area contributed by atoms with E-state index in [2.05, 4.69) is 0 Å². The fourth-order valence-electron chi connectivity index (χ4n) is 3.65. The normalized spacial score (nSPS) is 15.2. The van der Waals surface area contributed by atoms with Crippen LogP contribution in [0.1, 0.15) is 16.8 Å². The van der Waals surface area contributed by atoms with E-state index < -0.39 is 28.6 Å². The van der Waals surface area contributed by atoms with Crippen LogP contribution in [0.4, 0.5) is 10.5 Å². The van der Waals surface area contributed by atoms with Crippen LogP contribution in [-0.2, 0) is 16.1 Å². The average molecular weight is 451 g/mol. The summed E-state index contributed by atoms with van der Waals surface area (Å²) in [4.78, 5) is 47.0. The van der Waals surface area contributed by atoms with Crippen molar-refractivity contribution in [3.63, 3.8) is 0 Å². The van der Waals surface area contributed by atoms with Gasteiger partial charge in [-0.15, -0.1) is 0 Å². The second-order valence-corrected chi connectivity index (χ2v) is 8.18. The lowest BCUT2D eigenvalue weighted by Crippen LogP contribution is -2.33. The van der Waals surface area contributed by atoms with Gasteiger partial charge in [-0.1, -0.05) is 30.3 Å². The number of hydrogen-bond donors (Lipinski definition) is 1. The van der Waals surface area contributed by atoms with E-state index in [-0.39, 0.29) is 10.6 Å². The molecule has 2 heterocycles. The molecule has 0 saturated carbocycles. The number of nitro benzene ring substituents is 1. The van der Waals surface area contributed by atoms with Crippen LogP contribution < -0.4 is 0 Å². The van der Waals surface area contributed by atoms with E-state index in [0.29, 0.717) is 23.2 Å². The van der Waals surface area contributed by atoms with Crippen LogP contribution in [0, 0.1) is 17.0 Å². The van der Waals surface area contributed by atoms with Crippen molar-refractivity contribution in [1.82, 2.24) is 9.47 Å². The van der Waals surface area contributed by atoms with Gasteiger partial charge in [-0.3, -0.25) is 29.4 Å². The highest BCUT2D eigenvalue weighted by molar-refractivity contribution is 8.18. The molecule has 0 bridgehead atoms. The highest BCUT2D eigenvalue weighted by Crippen LogP contribution is 2.35. The molecule has 1 aliphatic rings. The Morgan fingerprint density at radius 2 is 1.84 bits per heavy atom. The second kappa shape index (κ2) is 8.31. The predicted octanol–water partition coefficient (Wildman–Crippen LogP) is 4.03. The number of hydrogen-bond acceptors (Lipinski definition) is 6. The molecule has 1 saturated heterocycles. The Labute approximate surface area is 186 Å². The van der Waals surface area contributed by atoms with Crippen LogP contribution in [0.15, 0.2) is 53.4 Å². The summed E-state index contributed by atoms with van der Waals surface area (Å²) in [6.07, 6.45) is 1.62. The van der Waals surface area contributed by atoms with E-state index in [1.807, 2.05) is 35.8 Å². The number of fused-ring (bicyclic) bond motifs is 1. The number of imide groups is 1. The quantitative estimate of drug-likeness (QED) is 0.341. The van der Waals surface area contributed by atoms with Gasteiger partial charge < -0.3 is 9.67 Å². The highest BCUT2D eigenvalue weighted by atomic mass is 32.2. The van der Waals surface area contributed by atoms with Crippen molar-refractivity contribution in [3.05, 3.63) is 80.4 Å². The van der Waals surface area contributed by atoms with Crippen LogP contribution in [-0.4, -0.2) is 43.2 Å². The van der Waals surface area contributed by atoms with Gasteiger partial charge in [-0.25, -0.2) is 0 Å². The molecule has 1 fully saturated rings. The molecule has 1 aromatic heterocycles. The number of carbonyl (C=O) groups is 3. The Bertz CT molecular complexity index is 1310. The van der Waals surface area contributed by atoms with E-state index in [9.17, 15) is 24.5 Å². The Kier molecular flexibility index (Phi) is 5.54. The molecule has 4 rings (SSSR count). The minimum absolute atomic E-state index is 0.0145. The number of para-hydroxylation sites is 1. The van der Waals surface area contributed by atoms with Gasteiger partial charge in [0.15, 0.2) is 0 Å². The first-order valence-electron chi connectivity index (χ1n) is 9.54. The zero-order chi connectivity index (χ0) is 23.0. The maximum Gasteiger partial charge on any atom is 0.323 e. The maximum absolute atomic E-state index is 12.6. The Balaban J connectivity index is 1.74. The molecule has 0 unspecified atom stereocenters. The summed E-state index contributed by atoms with van der Waals surface area (Å²) in [6, 6.07) is 13.9. The van der Waals surface area contributed by atoms with E-state index >= 15 is 0 Å². The Morgan fingerprint density at radius 1 is 1.16 bits per heavy atom. The van der Waals surface area contributed by atoms with Crippen molar-refractivity contribution in [3.8, 4) is 0 Å². The van der Waals surface area contributed by atoms with Gasteiger partial charge in [-0.05, 0) is 36.4 Å². The van der Waals surface area contributed by atoms with Crippen LogP contribution in [0.3, 0.4) is 0 Å². The highest BCUT2D eigenvalue weighted by Gasteiger charge is 2.36. The van der Waals surface area contributed by atoms with E-state index in [0.717, 1.165) is 27.7 Å². The van der Waals surface area contributed by atoms with Gasteiger partial charge in [0.1, 0.15) is 6.54 Å².